The zero-order chi connectivity index (χ0) is 19.0. The SMILES string of the molecule is CC(C)(C)CC(=O)C(C)(C)C.CC(C)(C)CCCc1ccccc1. The average molecular weight is 333 g/mol. The molecule has 1 heteroatoms. The van der Waals surface area contributed by atoms with Gasteiger partial charge in [0, 0.05) is 11.8 Å². The van der Waals surface area contributed by atoms with E-state index in [0.29, 0.717) is 17.6 Å². The van der Waals surface area contributed by atoms with Gasteiger partial charge in [-0.05, 0) is 35.7 Å². The third-order valence-electron chi connectivity index (χ3n) is 3.76. The lowest BCUT2D eigenvalue weighted by Crippen LogP contribution is -2.25. The van der Waals surface area contributed by atoms with E-state index in [1.54, 1.807) is 0 Å². The van der Waals surface area contributed by atoms with Crippen molar-refractivity contribution in [2.24, 2.45) is 16.2 Å². The van der Waals surface area contributed by atoms with Gasteiger partial charge in [0.2, 0.25) is 0 Å². The first kappa shape index (κ1) is 22.9. The fraction of sp³-hybridized carbons (Fsp3) is 0.696. The maximum Gasteiger partial charge on any atom is 0.138 e. The van der Waals surface area contributed by atoms with Crippen LogP contribution in [0.15, 0.2) is 30.3 Å². The van der Waals surface area contributed by atoms with Crippen molar-refractivity contribution in [3.8, 4) is 0 Å². The smallest absolute Gasteiger partial charge is 0.138 e. The van der Waals surface area contributed by atoms with Gasteiger partial charge in [-0.15, -0.1) is 0 Å². The molecule has 0 saturated carbocycles. The highest BCUT2D eigenvalue weighted by Gasteiger charge is 2.25. The lowest BCUT2D eigenvalue weighted by molar-refractivity contribution is -0.128. The Kier molecular flexibility index (Phi) is 8.96. The molecule has 0 fully saturated rings. The minimum absolute atomic E-state index is 0.129. The van der Waals surface area contributed by atoms with Crippen molar-refractivity contribution in [2.45, 2.75) is 88.0 Å². The van der Waals surface area contributed by atoms with Gasteiger partial charge in [0.05, 0.1) is 0 Å². The molecule has 0 bridgehead atoms. The Hall–Kier alpha value is -1.11. The minimum atomic E-state index is -0.173. The molecule has 1 rings (SSSR count). The van der Waals surface area contributed by atoms with Crippen molar-refractivity contribution in [1.82, 2.24) is 0 Å². The van der Waals surface area contributed by atoms with Gasteiger partial charge in [-0.3, -0.25) is 4.79 Å². The summed E-state index contributed by atoms with van der Waals surface area (Å²) >= 11 is 0. The van der Waals surface area contributed by atoms with Crippen molar-refractivity contribution < 1.29 is 4.79 Å². The molecule has 0 saturated heterocycles. The van der Waals surface area contributed by atoms with E-state index in [9.17, 15) is 4.79 Å². The van der Waals surface area contributed by atoms with E-state index >= 15 is 0 Å². The first-order valence-corrected chi connectivity index (χ1v) is 9.28. The van der Waals surface area contributed by atoms with Crippen LogP contribution in [-0.4, -0.2) is 5.78 Å². The second-order valence-corrected chi connectivity index (χ2v) is 10.3. The van der Waals surface area contributed by atoms with Gasteiger partial charge in [0.15, 0.2) is 0 Å². The molecule has 0 aromatic heterocycles. The molecule has 0 radical (unpaired) electrons. The third-order valence-corrected chi connectivity index (χ3v) is 3.76. The van der Waals surface area contributed by atoms with Crippen LogP contribution in [0.2, 0.25) is 0 Å². The highest BCUT2D eigenvalue weighted by atomic mass is 16.1. The maximum atomic E-state index is 11.5. The van der Waals surface area contributed by atoms with Gasteiger partial charge in [-0.25, -0.2) is 0 Å². The van der Waals surface area contributed by atoms with Crippen LogP contribution in [-0.2, 0) is 11.2 Å². The second-order valence-electron chi connectivity index (χ2n) is 10.3. The highest BCUT2D eigenvalue weighted by Crippen LogP contribution is 2.26. The lowest BCUT2D eigenvalue weighted by Gasteiger charge is -2.23. The Morgan fingerprint density at radius 1 is 0.792 bits per heavy atom. The second kappa shape index (κ2) is 9.39. The molecular formula is C23H40O. The van der Waals surface area contributed by atoms with E-state index in [-0.39, 0.29) is 10.8 Å². The summed E-state index contributed by atoms with van der Waals surface area (Å²) in [5.41, 5.74) is 1.90. The number of carbonyl (C=O) groups excluding carboxylic acids is 1. The van der Waals surface area contributed by atoms with Crippen molar-refractivity contribution in [3.63, 3.8) is 0 Å². The van der Waals surface area contributed by atoms with Gasteiger partial charge in [0.1, 0.15) is 5.78 Å². The van der Waals surface area contributed by atoms with Crippen LogP contribution < -0.4 is 0 Å². The molecule has 1 aromatic rings. The Bertz CT molecular complexity index is 463. The van der Waals surface area contributed by atoms with E-state index in [2.05, 4.69) is 71.9 Å². The number of rotatable bonds is 4. The van der Waals surface area contributed by atoms with Crippen molar-refractivity contribution in [2.75, 3.05) is 0 Å². The van der Waals surface area contributed by atoms with Gasteiger partial charge in [-0.1, -0.05) is 92.6 Å². The summed E-state index contributed by atoms with van der Waals surface area (Å²) in [7, 11) is 0. The summed E-state index contributed by atoms with van der Waals surface area (Å²) < 4.78 is 0. The normalized spacial score (nSPS) is 12.4. The molecule has 0 N–H and O–H groups in total. The minimum Gasteiger partial charge on any atom is -0.299 e. The molecule has 1 nitrogen and oxygen atoms in total. The summed E-state index contributed by atoms with van der Waals surface area (Å²) in [5, 5.41) is 0. The standard InChI is InChI=1S/C13H20.C10H20O/c1-13(2,3)11-7-10-12-8-5-4-6-9-12;1-9(2,3)7-8(11)10(4,5)6/h4-6,8-9H,7,10-11H2,1-3H3;7H2,1-6H3. The van der Waals surface area contributed by atoms with Gasteiger partial charge >= 0.3 is 0 Å². The molecule has 24 heavy (non-hydrogen) atoms. The van der Waals surface area contributed by atoms with Crippen molar-refractivity contribution in [3.05, 3.63) is 35.9 Å². The topological polar surface area (TPSA) is 17.1 Å². The molecule has 0 aliphatic heterocycles. The quantitative estimate of drug-likeness (QED) is 0.575. The Morgan fingerprint density at radius 3 is 1.62 bits per heavy atom. The molecule has 0 aliphatic rings. The third kappa shape index (κ3) is 13.3. The molecule has 1 aromatic carbocycles. The molecule has 0 atom stereocenters. The molecular weight excluding hydrogens is 292 g/mol. The molecule has 0 amide bonds. The Balaban J connectivity index is 0.000000449. The maximum absolute atomic E-state index is 11.5. The molecule has 0 spiro atoms. The molecule has 0 unspecified atom stereocenters. The van der Waals surface area contributed by atoms with Gasteiger partial charge in [-0.2, -0.15) is 0 Å². The zero-order valence-electron chi connectivity index (χ0n) is 17.6. The molecule has 0 aliphatic carbocycles. The zero-order valence-corrected chi connectivity index (χ0v) is 17.6. The predicted octanol–water partition coefficient (Wildman–Crippen LogP) is 7.09. The van der Waals surface area contributed by atoms with Gasteiger partial charge in [0.25, 0.3) is 0 Å². The van der Waals surface area contributed by atoms with Crippen LogP contribution in [0.4, 0.5) is 0 Å². The average Bonchev–Trinajstić information content (AvgIpc) is 2.36. The summed E-state index contributed by atoms with van der Waals surface area (Å²) in [6.07, 6.45) is 4.50. The summed E-state index contributed by atoms with van der Waals surface area (Å²) in [6.45, 7) is 19.1. The predicted molar refractivity (Wildman–Crippen MR) is 107 cm³/mol. The lowest BCUT2D eigenvalue weighted by atomic mass is 9.80. The number of hydrogen-bond acceptors (Lipinski definition) is 1. The van der Waals surface area contributed by atoms with Crippen LogP contribution in [0.3, 0.4) is 0 Å². The number of Topliss-reactive ketones (excluding diaryl/α,β-unsaturated/α-hetero) is 1. The van der Waals surface area contributed by atoms with Crippen molar-refractivity contribution >= 4 is 5.78 Å². The molecule has 0 heterocycles. The van der Waals surface area contributed by atoms with E-state index in [1.807, 2.05) is 20.8 Å². The van der Waals surface area contributed by atoms with E-state index < -0.39 is 0 Å². The van der Waals surface area contributed by atoms with Crippen LogP contribution in [0.1, 0.15) is 87.1 Å². The first-order chi connectivity index (χ1) is 10.7. The Morgan fingerprint density at radius 2 is 1.29 bits per heavy atom. The fourth-order valence-corrected chi connectivity index (χ4v) is 2.21. The van der Waals surface area contributed by atoms with E-state index in [0.717, 1.165) is 0 Å². The van der Waals surface area contributed by atoms with Crippen LogP contribution in [0, 0.1) is 16.2 Å². The summed E-state index contributed by atoms with van der Waals surface area (Å²) in [4.78, 5) is 11.5. The van der Waals surface area contributed by atoms with Crippen LogP contribution >= 0.6 is 0 Å². The summed E-state index contributed by atoms with van der Waals surface area (Å²) in [6, 6.07) is 10.7. The van der Waals surface area contributed by atoms with Gasteiger partial charge < -0.3 is 0 Å². The summed E-state index contributed by atoms with van der Waals surface area (Å²) in [5.74, 6) is 0.352. The monoisotopic (exact) mass is 332 g/mol. The van der Waals surface area contributed by atoms with Crippen LogP contribution in [0.5, 0.6) is 0 Å². The number of hydrogen-bond donors (Lipinski definition) is 0. The number of ketones is 1. The number of benzene rings is 1. The Labute approximate surface area is 151 Å². The van der Waals surface area contributed by atoms with Crippen molar-refractivity contribution in [1.29, 1.82) is 0 Å². The largest absolute Gasteiger partial charge is 0.299 e. The molecule has 138 valence electrons. The number of carbonyl (C=O) groups is 1. The van der Waals surface area contributed by atoms with E-state index in [4.69, 9.17) is 0 Å². The fourth-order valence-electron chi connectivity index (χ4n) is 2.21. The van der Waals surface area contributed by atoms with E-state index in [1.165, 1.54) is 24.8 Å². The highest BCUT2D eigenvalue weighted by molar-refractivity contribution is 5.84. The van der Waals surface area contributed by atoms with Crippen LogP contribution in [0.25, 0.3) is 0 Å². The first-order valence-electron chi connectivity index (χ1n) is 9.28. The number of aryl methyl sites for hydroxylation is 1.